The third-order valence-corrected chi connectivity index (χ3v) is 4.21. The summed E-state index contributed by atoms with van der Waals surface area (Å²) in [7, 11) is 0. The second-order valence-corrected chi connectivity index (χ2v) is 5.86. The highest BCUT2D eigenvalue weighted by atomic mass is 16.5. The molecular formula is C17H19N3O4. The molecule has 126 valence electrons. The molecule has 1 aromatic heterocycles. The number of anilines is 2. The van der Waals surface area contributed by atoms with E-state index in [0.717, 1.165) is 24.1 Å². The van der Waals surface area contributed by atoms with Crippen LogP contribution in [0.15, 0.2) is 28.8 Å². The van der Waals surface area contributed by atoms with Crippen LogP contribution in [0.3, 0.4) is 0 Å². The third-order valence-electron chi connectivity index (χ3n) is 4.21. The molecule has 0 bridgehead atoms. The Morgan fingerprint density at radius 1 is 1.42 bits per heavy atom. The molecule has 1 atom stereocenters. The summed E-state index contributed by atoms with van der Waals surface area (Å²) < 4.78 is 9.85. The molecule has 1 amide bonds. The SMILES string of the molecule is Cc1noc(N)c1C(=O)OCC(=O)N1c2ccccc2CC[C@@H]1C. The minimum absolute atomic E-state index is 0.0495. The van der Waals surface area contributed by atoms with Gasteiger partial charge >= 0.3 is 5.97 Å². The number of fused-ring (bicyclic) bond motifs is 1. The highest BCUT2D eigenvalue weighted by Gasteiger charge is 2.29. The minimum atomic E-state index is -0.711. The van der Waals surface area contributed by atoms with Crippen molar-refractivity contribution in [2.45, 2.75) is 32.7 Å². The van der Waals surface area contributed by atoms with Gasteiger partial charge in [0.15, 0.2) is 6.61 Å². The summed E-state index contributed by atoms with van der Waals surface area (Å²) in [4.78, 5) is 26.4. The van der Waals surface area contributed by atoms with Crippen molar-refractivity contribution in [3.63, 3.8) is 0 Å². The van der Waals surface area contributed by atoms with Crippen molar-refractivity contribution in [3.8, 4) is 0 Å². The van der Waals surface area contributed by atoms with Gasteiger partial charge in [0.25, 0.3) is 5.91 Å². The predicted molar refractivity (Wildman–Crippen MR) is 87.6 cm³/mol. The highest BCUT2D eigenvalue weighted by molar-refractivity contribution is 5.99. The van der Waals surface area contributed by atoms with Crippen LogP contribution in [0.2, 0.25) is 0 Å². The van der Waals surface area contributed by atoms with Gasteiger partial charge in [-0.15, -0.1) is 0 Å². The van der Waals surface area contributed by atoms with Crippen LogP contribution in [0, 0.1) is 6.92 Å². The molecule has 2 aromatic rings. The predicted octanol–water partition coefficient (Wildman–Crippen LogP) is 2.09. The standard InChI is InChI=1S/C17H19N3O4/c1-10-7-8-12-5-3-4-6-13(12)20(10)14(21)9-23-17(22)15-11(2)19-24-16(15)18/h3-6,10H,7-9,18H2,1-2H3/t10-/m0/s1. The summed E-state index contributed by atoms with van der Waals surface area (Å²) >= 11 is 0. The van der Waals surface area contributed by atoms with E-state index in [0.29, 0.717) is 5.69 Å². The van der Waals surface area contributed by atoms with Crippen molar-refractivity contribution in [2.24, 2.45) is 0 Å². The topological polar surface area (TPSA) is 98.7 Å². The van der Waals surface area contributed by atoms with Crippen LogP contribution in [0.4, 0.5) is 11.6 Å². The third kappa shape index (κ3) is 2.84. The lowest BCUT2D eigenvalue weighted by atomic mass is 9.96. The molecule has 0 spiro atoms. The number of benzene rings is 1. The Balaban J connectivity index is 1.73. The molecule has 1 aliphatic heterocycles. The Bertz CT molecular complexity index is 764. The van der Waals surface area contributed by atoms with Gasteiger partial charge in [-0.3, -0.25) is 4.79 Å². The van der Waals surface area contributed by atoms with Gasteiger partial charge in [0.05, 0.1) is 5.69 Å². The molecule has 3 rings (SSSR count). The number of rotatable bonds is 3. The number of carbonyl (C=O) groups excluding carboxylic acids is 2. The fraction of sp³-hybridized carbons (Fsp3) is 0.353. The number of hydrogen-bond donors (Lipinski definition) is 1. The van der Waals surface area contributed by atoms with Crippen molar-refractivity contribution in [1.82, 2.24) is 5.16 Å². The zero-order chi connectivity index (χ0) is 17.3. The van der Waals surface area contributed by atoms with Gasteiger partial charge in [0, 0.05) is 11.7 Å². The van der Waals surface area contributed by atoms with E-state index in [-0.39, 0.29) is 30.0 Å². The molecule has 1 aromatic carbocycles. The number of nitrogens with two attached hydrogens (primary N) is 1. The summed E-state index contributed by atoms with van der Waals surface area (Å²) in [5.41, 5.74) is 7.94. The number of aryl methyl sites for hydroxylation is 2. The maximum atomic E-state index is 12.6. The van der Waals surface area contributed by atoms with Gasteiger partial charge in [-0.25, -0.2) is 4.79 Å². The molecule has 2 heterocycles. The van der Waals surface area contributed by atoms with Crippen LogP contribution in [-0.4, -0.2) is 29.7 Å². The monoisotopic (exact) mass is 329 g/mol. The van der Waals surface area contributed by atoms with E-state index in [4.69, 9.17) is 15.0 Å². The van der Waals surface area contributed by atoms with E-state index >= 15 is 0 Å². The number of para-hydroxylation sites is 1. The van der Waals surface area contributed by atoms with Crippen molar-refractivity contribution in [3.05, 3.63) is 41.1 Å². The molecule has 24 heavy (non-hydrogen) atoms. The number of hydrogen-bond acceptors (Lipinski definition) is 6. The molecule has 0 unspecified atom stereocenters. The Morgan fingerprint density at radius 3 is 2.88 bits per heavy atom. The molecule has 2 N–H and O–H groups in total. The zero-order valence-corrected chi connectivity index (χ0v) is 13.6. The quantitative estimate of drug-likeness (QED) is 0.866. The van der Waals surface area contributed by atoms with E-state index in [2.05, 4.69) is 5.16 Å². The van der Waals surface area contributed by atoms with E-state index < -0.39 is 5.97 Å². The lowest BCUT2D eigenvalue weighted by Crippen LogP contribution is -2.44. The lowest BCUT2D eigenvalue weighted by Gasteiger charge is -2.35. The van der Waals surface area contributed by atoms with Crippen LogP contribution in [0.5, 0.6) is 0 Å². The summed E-state index contributed by atoms with van der Waals surface area (Å²) in [6.45, 7) is 3.21. The average Bonchev–Trinajstić information content (AvgIpc) is 2.91. The minimum Gasteiger partial charge on any atom is -0.452 e. The van der Waals surface area contributed by atoms with Gasteiger partial charge in [-0.1, -0.05) is 23.4 Å². The summed E-state index contributed by atoms with van der Waals surface area (Å²) in [5.74, 6) is -1.09. The molecular weight excluding hydrogens is 310 g/mol. The van der Waals surface area contributed by atoms with E-state index in [1.165, 1.54) is 0 Å². The fourth-order valence-electron chi connectivity index (χ4n) is 2.97. The maximum absolute atomic E-state index is 12.6. The van der Waals surface area contributed by atoms with Gasteiger partial charge in [0.2, 0.25) is 5.88 Å². The zero-order valence-electron chi connectivity index (χ0n) is 13.6. The van der Waals surface area contributed by atoms with Crippen molar-refractivity contribution in [1.29, 1.82) is 0 Å². The van der Waals surface area contributed by atoms with E-state index in [1.807, 2.05) is 31.2 Å². The Kier molecular flexibility index (Phi) is 4.24. The van der Waals surface area contributed by atoms with Crippen LogP contribution in [-0.2, 0) is 16.0 Å². The summed E-state index contributed by atoms with van der Waals surface area (Å²) in [6, 6.07) is 7.81. The summed E-state index contributed by atoms with van der Waals surface area (Å²) in [6.07, 6.45) is 1.80. The van der Waals surface area contributed by atoms with Crippen molar-refractivity contribution >= 4 is 23.4 Å². The number of aromatic nitrogens is 1. The van der Waals surface area contributed by atoms with Crippen LogP contribution in [0.25, 0.3) is 0 Å². The van der Waals surface area contributed by atoms with Crippen LogP contribution in [0.1, 0.15) is 35.0 Å². The number of amides is 1. The first-order valence-electron chi connectivity index (χ1n) is 7.78. The second kappa shape index (κ2) is 6.35. The number of carbonyl (C=O) groups is 2. The summed E-state index contributed by atoms with van der Waals surface area (Å²) in [5, 5.41) is 3.60. The Morgan fingerprint density at radius 2 is 2.17 bits per heavy atom. The lowest BCUT2D eigenvalue weighted by molar-refractivity contribution is -0.122. The van der Waals surface area contributed by atoms with Gasteiger partial charge in [0.1, 0.15) is 5.56 Å². The number of nitrogen functional groups attached to an aromatic ring is 1. The normalized spacial score (nSPS) is 16.6. The molecule has 7 heteroatoms. The first-order chi connectivity index (χ1) is 11.5. The van der Waals surface area contributed by atoms with Crippen molar-refractivity contribution in [2.75, 3.05) is 17.2 Å². The Hall–Kier alpha value is -2.83. The van der Waals surface area contributed by atoms with E-state index in [1.54, 1.807) is 11.8 Å². The van der Waals surface area contributed by atoms with Gasteiger partial charge in [-0.2, -0.15) is 0 Å². The first kappa shape index (κ1) is 16.0. The number of nitrogens with zero attached hydrogens (tertiary/aromatic N) is 2. The smallest absolute Gasteiger partial charge is 0.346 e. The fourth-order valence-corrected chi connectivity index (χ4v) is 2.97. The molecule has 0 saturated heterocycles. The largest absolute Gasteiger partial charge is 0.452 e. The van der Waals surface area contributed by atoms with Gasteiger partial charge in [-0.05, 0) is 38.3 Å². The molecule has 7 nitrogen and oxygen atoms in total. The molecule has 1 aliphatic rings. The maximum Gasteiger partial charge on any atom is 0.346 e. The molecule has 0 saturated carbocycles. The van der Waals surface area contributed by atoms with Crippen molar-refractivity contribution < 1.29 is 18.8 Å². The second-order valence-electron chi connectivity index (χ2n) is 5.86. The molecule has 0 aliphatic carbocycles. The number of esters is 1. The highest BCUT2D eigenvalue weighted by Crippen LogP contribution is 2.30. The molecule has 0 fully saturated rings. The van der Waals surface area contributed by atoms with Crippen LogP contribution < -0.4 is 10.6 Å². The first-order valence-corrected chi connectivity index (χ1v) is 7.78. The van der Waals surface area contributed by atoms with Crippen LogP contribution >= 0.6 is 0 Å². The van der Waals surface area contributed by atoms with Gasteiger partial charge < -0.3 is 19.9 Å². The van der Waals surface area contributed by atoms with E-state index in [9.17, 15) is 9.59 Å². The number of ether oxygens (including phenoxy) is 1. The molecule has 0 radical (unpaired) electrons. The average molecular weight is 329 g/mol. The Labute approximate surface area is 139 Å².